The molecule has 3 aromatic rings. The molecule has 2 N–H and O–H groups in total. The number of hydrogen-bond acceptors (Lipinski definition) is 6. The molecule has 2 aromatic carbocycles. The summed E-state index contributed by atoms with van der Waals surface area (Å²) < 4.78 is 0. The summed E-state index contributed by atoms with van der Waals surface area (Å²) in [4.78, 5) is 38.7. The summed E-state index contributed by atoms with van der Waals surface area (Å²) in [6, 6.07) is 16.7. The van der Waals surface area contributed by atoms with Crippen LogP contribution in [0.1, 0.15) is 27.5 Å². The molecule has 1 aliphatic heterocycles. The number of carbonyl (C=O) groups excluding carboxylic acids is 2. The second-order valence-electron chi connectivity index (χ2n) is 6.51. The van der Waals surface area contributed by atoms with Crippen LogP contribution < -0.4 is 10.8 Å². The molecule has 1 aromatic heterocycles. The van der Waals surface area contributed by atoms with E-state index in [2.05, 4.69) is 9.97 Å². The number of hydrogen-bond donors (Lipinski definition) is 1. The summed E-state index contributed by atoms with van der Waals surface area (Å²) in [5.74, 6) is -1.04. The minimum absolute atomic E-state index is 0.183. The zero-order valence-corrected chi connectivity index (χ0v) is 15.2. The molecule has 0 fully saturated rings. The number of nitrogens with zero attached hydrogens (tertiary/aromatic N) is 3. The maximum absolute atomic E-state index is 12.7. The molecule has 140 valence electrons. The highest BCUT2D eigenvalue weighted by Gasteiger charge is 2.34. The summed E-state index contributed by atoms with van der Waals surface area (Å²) in [6.45, 7) is 1.91. The third-order valence-corrected chi connectivity index (χ3v) is 4.70. The molecule has 1 amide bonds. The monoisotopic (exact) mass is 374 g/mol. The van der Waals surface area contributed by atoms with Crippen molar-refractivity contribution in [3.05, 3.63) is 77.6 Å². The van der Waals surface area contributed by atoms with E-state index in [0.29, 0.717) is 17.2 Å². The quantitative estimate of drug-likeness (QED) is 0.754. The third-order valence-electron chi connectivity index (χ3n) is 4.70. The van der Waals surface area contributed by atoms with E-state index < -0.39 is 17.8 Å². The maximum atomic E-state index is 12.7. The van der Waals surface area contributed by atoms with E-state index in [-0.39, 0.29) is 12.1 Å². The highest BCUT2D eigenvalue weighted by molar-refractivity contribution is 5.92. The Morgan fingerprint density at radius 1 is 1.11 bits per heavy atom. The molecule has 7 heteroatoms. The molecule has 1 atom stereocenters. The summed E-state index contributed by atoms with van der Waals surface area (Å²) in [6.07, 6.45) is 1.46. The Morgan fingerprint density at radius 2 is 1.82 bits per heavy atom. The highest BCUT2D eigenvalue weighted by Crippen LogP contribution is 2.36. The number of aromatic nitrogens is 2. The lowest BCUT2D eigenvalue weighted by molar-refractivity contribution is -0.119. The van der Waals surface area contributed by atoms with Crippen molar-refractivity contribution in [1.82, 2.24) is 9.97 Å². The molecule has 0 saturated carbocycles. The Morgan fingerprint density at radius 3 is 2.54 bits per heavy atom. The summed E-state index contributed by atoms with van der Waals surface area (Å²) in [7, 11) is 0. The summed E-state index contributed by atoms with van der Waals surface area (Å²) in [5.41, 5.74) is 8.52. The first-order chi connectivity index (χ1) is 13.5. The van der Waals surface area contributed by atoms with Gasteiger partial charge in [0.15, 0.2) is 5.82 Å². The zero-order chi connectivity index (χ0) is 19.7. The first kappa shape index (κ1) is 17.7. The first-order valence-corrected chi connectivity index (χ1v) is 8.81. The van der Waals surface area contributed by atoms with Crippen LogP contribution in [0.3, 0.4) is 0 Å². The van der Waals surface area contributed by atoms with Crippen LogP contribution >= 0.6 is 0 Å². The van der Waals surface area contributed by atoms with Crippen molar-refractivity contribution >= 4 is 17.6 Å². The molecule has 28 heavy (non-hydrogen) atoms. The smallest absolute Gasteiger partial charge is 0.366 e. The van der Waals surface area contributed by atoms with Gasteiger partial charge in [-0.05, 0) is 18.6 Å². The normalized spacial score (nSPS) is 15.2. The predicted octanol–water partition coefficient (Wildman–Crippen LogP) is 2.61. The largest absolute Gasteiger partial charge is 0.369 e. The SMILES string of the molecule is Cc1nc(-c2ccccc2)ncc1C(=O)ON1CC(C(N)=O)c2ccccc21. The molecule has 1 aliphatic rings. The second-order valence-corrected chi connectivity index (χ2v) is 6.51. The van der Waals surface area contributed by atoms with Crippen molar-refractivity contribution < 1.29 is 14.4 Å². The fourth-order valence-electron chi connectivity index (χ4n) is 3.24. The lowest BCUT2D eigenvalue weighted by Crippen LogP contribution is -2.30. The second kappa shape index (κ2) is 7.11. The van der Waals surface area contributed by atoms with Gasteiger partial charge in [-0.3, -0.25) is 4.79 Å². The van der Waals surface area contributed by atoms with Gasteiger partial charge in [0.05, 0.1) is 23.8 Å². The van der Waals surface area contributed by atoms with E-state index >= 15 is 0 Å². The average molecular weight is 374 g/mol. The van der Waals surface area contributed by atoms with Crippen LogP contribution in [-0.2, 0) is 9.63 Å². The van der Waals surface area contributed by atoms with E-state index in [9.17, 15) is 9.59 Å². The molecular weight excluding hydrogens is 356 g/mol. The van der Waals surface area contributed by atoms with Crippen LogP contribution in [0.4, 0.5) is 5.69 Å². The Hall–Kier alpha value is -3.74. The molecule has 1 unspecified atom stereocenters. The molecule has 0 aliphatic carbocycles. The Kier molecular flexibility index (Phi) is 4.49. The highest BCUT2D eigenvalue weighted by atomic mass is 16.7. The van der Waals surface area contributed by atoms with Gasteiger partial charge in [-0.2, -0.15) is 0 Å². The third kappa shape index (κ3) is 3.18. The number of amides is 1. The minimum atomic E-state index is -0.586. The number of para-hydroxylation sites is 1. The maximum Gasteiger partial charge on any atom is 0.366 e. The van der Waals surface area contributed by atoms with Crippen LogP contribution in [0, 0.1) is 6.92 Å². The number of anilines is 1. The fourth-order valence-corrected chi connectivity index (χ4v) is 3.24. The van der Waals surface area contributed by atoms with Crippen LogP contribution in [0.15, 0.2) is 60.8 Å². The van der Waals surface area contributed by atoms with Gasteiger partial charge in [0.25, 0.3) is 0 Å². The van der Waals surface area contributed by atoms with Crippen molar-refractivity contribution in [1.29, 1.82) is 0 Å². The Labute approximate surface area is 161 Å². The van der Waals surface area contributed by atoms with E-state index in [1.54, 1.807) is 13.0 Å². The number of benzene rings is 2. The van der Waals surface area contributed by atoms with Crippen molar-refractivity contribution in [2.45, 2.75) is 12.8 Å². The zero-order valence-electron chi connectivity index (χ0n) is 15.2. The first-order valence-electron chi connectivity index (χ1n) is 8.81. The molecule has 2 heterocycles. The van der Waals surface area contributed by atoms with E-state index in [4.69, 9.17) is 10.6 Å². The Balaban J connectivity index is 1.57. The molecule has 0 radical (unpaired) electrons. The molecule has 0 spiro atoms. The lowest BCUT2D eigenvalue weighted by Gasteiger charge is -2.18. The van der Waals surface area contributed by atoms with E-state index in [1.165, 1.54) is 11.3 Å². The van der Waals surface area contributed by atoms with Crippen LogP contribution in [0.25, 0.3) is 11.4 Å². The number of fused-ring (bicyclic) bond motifs is 1. The number of nitrogens with two attached hydrogens (primary N) is 1. The van der Waals surface area contributed by atoms with Gasteiger partial charge < -0.3 is 10.6 Å². The number of aryl methyl sites for hydroxylation is 1. The van der Waals surface area contributed by atoms with Gasteiger partial charge in [-0.25, -0.2) is 19.8 Å². The lowest BCUT2D eigenvalue weighted by atomic mass is 10.0. The van der Waals surface area contributed by atoms with Gasteiger partial charge in [0.1, 0.15) is 5.56 Å². The topological polar surface area (TPSA) is 98.4 Å². The molecule has 0 bridgehead atoms. The van der Waals surface area contributed by atoms with Crippen LogP contribution in [0.5, 0.6) is 0 Å². The Bertz CT molecular complexity index is 1050. The van der Waals surface area contributed by atoms with Crippen molar-refractivity contribution in [3.63, 3.8) is 0 Å². The molecule has 4 rings (SSSR count). The average Bonchev–Trinajstić information content (AvgIpc) is 3.07. The number of hydroxylamine groups is 1. The summed E-state index contributed by atoms with van der Waals surface area (Å²) in [5, 5.41) is 1.40. The number of primary amides is 1. The van der Waals surface area contributed by atoms with Gasteiger partial charge in [0.2, 0.25) is 5.91 Å². The van der Waals surface area contributed by atoms with Crippen molar-refractivity contribution in [2.24, 2.45) is 5.73 Å². The van der Waals surface area contributed by atoms with Gasteiger partial charge in [-0.15, -0.1) is 0 Å². The van der Waals surface area contributed by atoms with Crippen molar-refractivity contribution in [2.75, 3.05) is 11.6 Å². The predicted molar refractivity (Wildman–Crippen MR) is 103 cm³/mol. The van der Waals surface area contributed by atoms with E-state index in [1.807, 2.05) is 48.5 Å². The number of carbonyl (C=O) groups is 2. The van der Waals surface area contributed by atoms with Gasteiger partial charge in [-0.1, -0.05) is 48.5 Å². The fraction of sp³-hybridized carbons (Fsp3) is 0.143. The molecule has 7 nitrogen and oxygen atoms in total. The number of rotatable bonds is 4. The molecule has 0 saturated heterocycles. The van der Waals surface area contributed by atoms with Crippen LogP contribution in [0.2, 0.25) is 0 Å². The van der Waals surface area contributed by atoms with E-state index in [0.717, 1.165) is 11.1 Å². The van der Waals surface area contributed by atoms with Crippen LogP contribution in [-0.4, -0.2) is 28.4 Å². The standard InChI is InChI=1S/C21H18N4O3/c1-13-16(11-23-20(24-13)14-7-3-2-4-8-14)21(27)28-25-12-17(19(22)26)15-9-5-6-10-18(15)25/h2-11,17H,12H2,1H3,(H2,22,26). The minimum Gasteiger partial charge on any atom is -0.369 e. The van der Waals surface area contributed by atoms with Gasteiger partial charge >= 0.3 is 5.97 Å². The molecular formula is C21H18N4O3. The summed E-state index contributed by atoms with van der Waals surface area (Å²) >= 11 is 0. The van der Waals surface area contributed by atoms with Gasteiger partial charge in [0, 0.05) is 11.8 Å². The van der Waals surface area contributed by atoms with Crippen molar-refractivity contribution in [3.8, 4) is 11.4 Å².